The standard InChI is InChI=1S/C17H20N2O6/c1-4-24-16(21)14-10(2)18-17(22)19-15(14)11-5-7-12(8-6-11)25-9-13(20)23-3/h5-8,15H,4,9H2,1-3H3,(H2,18,19,22). The molecular weight excluding hydrogens is 328 g/mol. The lowest BCUT2D eigenvalue weighted by Crippen LogP contribution is -2.45. The van der Waals surface area contributed by atoms with Gasteiger partial charge in [-0.15, -0.1) is 0 Å². The first kappa shape index (κ1) is 18.3. The van der Waals surface area contributed by atoms with Gasteiger partial charge < -0.3 is 24.8 Å². The molecule has 2 amide bonds. The van der Waals surface area contributed by atoms with Gasteiger partial charge >= 0.3 is 18.0 Å². The first-order valence-corrected chi connectivity index (χ1v) is 7.71. The Morgan fingerprint density at radius 2 is 1.88 bits per heavy atom. The van der Waals surface area contributed by atoms with E-state index in [-0.39, 0.29) is 13.2 Å². The van der Waals surface area contributed by atoms with E-state index in [0.717, 1.165) is 0 Å². The number of hydrogen-bond donors (Lipinski definition) is 2. The van der Waals surface area contributed by atoms with Crippen molar-refractivity contribution in [3.8, 4) is 5.75 Å². The van der Waals surface area contributed by atoms with Crippen molar-refractivity contribution in [1.82, 2.24) is 10.6 Å². The average molecular weight is 348 g/mol. The minimum atomic E-state index is -0.637. The largest absolute Gasteiger partial charge is 0.482 e. The maximum Gasteiger partial charge on any atom is 0.343 e. The summed E-state index contributed by atoms with van der Waals surface area (Å²) < 4.78 is 14.9. The molecule has 1 aliphatic rings. The van der Waals surface area contributed by atoms with Gasteiger partial charge in [0.15, 0.2) is 6.61 Å². The van der Waals surface area contributed by atoms with Crippen LogP contribution in [-0.2, 0) is 19.1 Å². The Kier molecular flexibility index (Phi) is 5.99. The van der Waals surface area contributed by atoms with Crippen molar-refractivity contribution in [1.29, 1.82) is 0 Å². The van der Waals surface area contributed by atoms with Crippen LogP contribution >= 0.6 is 0 Å². The number of nitrogens with one attached hydrogen (secondary N) is 2. The molecule has 0 bridgehead atoms. The topological polar surface area (TPSA) is 103 Å². The summed E-state index contributed by atoms with van der Waals surface area (Å²) in [6.07, 6.45) is 0. The van der Waals surface area contributed by atoms with Crippen molar-refractivity contribution in [2.24, 2.45) is 0 Å². The molecule has 1 heterocycles. The molecule has 8 nitrogen and oxygen atoms in total. The number of carbonyl (C=O) groups is 3. The molecular formula is C17H20N2O6. The highest BCUT2D eigenvalue weighted by molar-refractivity contribution is 5.95. The third kappa shape index (κ3) is 4.50. The molecule has 0 saturated carbocycles. The zero-order valence-electron chi connectivity index (χ0n) is 14.3. The number of carbonyl (C=O) groups excluding carboxylic acids is 3. The number of esters is 2. The van der Waals surface area contributed by atoms with E-state index in [1.54, 1.807) is 38.1 Å². The highest BCUT2D eigenvalue weighted by Gasteiger charge is 2.32. The molecule has 0 radical (unpaired) electrons. The van der Waals surface area contributed by atoms with E-state index in [2.05, 4.69) is 15.4 Å². The molecule has 0 saturated heterocycles. The minimum absolute atomic E-state index is 0.201. The molecule has 1 aromatic carbocycles. The Labute approximate surface area is 145 Å². The number of methoxy groups -OCH3 is 1. The third-order valence-corrected chi connectivity index (χ3v) is 3.56. The molecule has 8 heteroatoms. The molecule has 0 aliphatic carbocycles. The van der Waals surface area contributed by atoms with Crippen LogP contribution in [0, 0.1) is 0 Å². The third-order valence-electron chi connectivity index (χ3n) is 3.56. The number of hydrogen-bond acceptors (Lipinski definition) is 6. The summed E-state index contributed by atoms with van der Waals surface area (Å²) in [5.41, 5.74) is 1.46. The van der Waals surface area contributed by atoms with Crippen LogP contribution < -0.4 is 15.4 Å². The Morgan fingerprint density at radius 1 is 1.20 bits per heavy atom. The molecule has 1 aliphatic heterocycles. The zero-order valence-corrected chi connectivity index (χ0v) is 14.3. The fourth-order valence-electron chi connectivity index (χ4n) is 2.38. The molecule has 25 heavy (non-hydrogen) atoms. The number of benzene rings is 1. The van der Waals surface area contributed by atoms with Crippen LogP contribution in [0.5, 0.6) is 5.75 Å². The van der Waals surface area contributed by atoms with Crippen LogP contribution in [0.15, 0.2) is 35.5 Å². The number of allylic oxidation sites excluding steroid dienone is 1. The van der Waals surface area contributed by atoms with Crippen LogP contribution in [0.4, 0.5) is 4.79 Å². The van der Waals surface area contributed by atoms with Crippen LogP contribution in [-0.4, -0.2) is 38.3 Å². The van der Waals surface area contributed by atoms with Gasteiger partial charge in [-0.25, -0.2) is 14.4 Å². The van der Waals surface area contributed by atoms with Gasteiger partial charge in [0, 0.05) is 5.70 Å². The predicted octanol–water partition coefficient (Wildman–Crippen LogP) is 1.43. The molecule has 1 aromatic rings. The molecule has 1 atom stereocenters. The summed E-state index contributed by atoms with van der Waals surface area (Å²) in [5.74, 6) is -0.519. The normalized spacial score (nSPS) is 16.6. The highest BCUT2D eigenvalue weighted by atomic mass is 16.6. The minimum Gasteiger partial charge on any atom is -0.482 e. The van der Waals surface area contributed by atoms with Gasteiger partial charge in [-0.2, -0.15) is 0 Å². The van der Waals surface area contributed by atoms with E-state index in [4.69, 9.17) is 9.47 Å². The van der Waals surface area contributed by atoms with Gasteiger partial charge in [0.2, 0.25) is 0 Å². The van der Waals surface area contributed by atoms with Crippen molar-refractivity contribution < 1.29 is 28.6 Å². The van der Waals surface area contributed by atoms with Crippen molar-refractivity contribution in [3.05, 3.63) is 41.1 Å². The summed E-state index contributed by atoms with van der Waals surface area (Å²) in [4.78, 5) is 35.1. The smallest absolute Gasteiger partial charge is 0.343 e. The monoisotopic (exact) mass is 348 g/mol. The van der Waals surface area contributed by atoms with Crippen molar-refractivity contribution >= 4 is 18.0 Å². The van der Waals surface area contributed by atoms with E-state index < -0.39 is 24.0 Å². The van der Waals surface area contributed by atoms with Gasteiger partial charge in [-0.1, -0.05) is 12.1 Å². The number of amides is 2. The molecule has 0 fully saturated rings. The Balaban J connectivity index is 2.22. The summed E-state index contributed by atoms with van der Waals surface area (Å²) >= 11 is 0. The number of urea groups is 1. The van der Waals surface area contributed by atoms with E-state index in [9.17, 15) is 14.4 Å². The molecule has 0 spiro atoms. The fourth-order valence-corrected chi connectivity index (χ4v) is 2.38. The van der Waals surface area contributed by atoms with Gasteiger partial charge in [-0.3, -0.25) is 0 Å². The molecule has 2 N–H and O–H groups in total. The van der Waals surface area contributed by atoms with Gasteiger partial charge in [0.05, 0.1) is 25.3 Å². The van der Waals surface area contributed by atoms with E-state index in [0.29, 0.717) is 22.6 Å². The second-order valence-electron chi connectivity index (χ2n) is 5.22. The van der Waals surface area contributed by atoms with Gasteiger partial charge in [0.25, 0.3) is 0 Å². The predicted molar refractivity (Wildman–Crippen MR) is 87.7 cm³/mol. The van der Waals surface area contributed by atoms with E-state index >= 15 is 0 Å². The van der Waals surface area contributed by atoms with Crippen molar-refractivity contribution in [2.45, 2.75) is 19.9 Å². The van der Waals surface area contributed by atoms with Crippen LogP contribution in [0.25, 0.3) is 0 Å². The summed E-state index contributed by atoms with van der Waals surface area (Å²) in [6.45, 7) is 3.39. The van der Waals surface area contributed by atoms with Gasteiger partial charge in [0.1, 0.15) is 5.75 Å². The number of rotatable bonds is 6. The maximum absolute atomic E-state index is 12.2. The molecule has 134 valence electrons. The van der Waals surface area contributed by atoms with Crippen molar-refractivity contribution in [3.63, 3.8) is 0 Å². The lowest BCUT2D eigenvalue weighted by Gasteiger charge is -2.28. The highest BCUT2D eigenvalue weighted by Crippen LogP contribution is 2.28. The molecule has 0 aromatic heterocycles. The summed E-state index contributed by atoms with van der Waals surface area (Å²) in [7, 11) is 1.28. The first-order valence-electron chi connectivity index (χ1n) is 7.71. The average Bonchev–Trinajstić information content (AvgIpc) is 2.59. The zero-order chi connectivity index (χ0) is 18.4. The lowest BCUT2D eigenvalue weighted by atomic mass is 9.95. The fraction of sp³-hybridized carbons (Fsp3) is 0.353. The molecule has 1 unspecified atom stereocenters. The molecule has 2 rings (SSSR count). The quantitative estimate of drug-likeness (QED) is 0.754. The summed E-state index contributed by atoms with van der Waals surface area (Å²) in [5, 5.41) is 5.28. The Hall–Kier alpha value is -3.03. The summed E-state index contributed by atoms with van der Waals surface area (Å²) in [6, 6.07) is 5.66. The van der Waals surface area contributed by atoms with Crippen LogP contribution in [0.3, 0.4) is 0 Å². The number of ether oxygens (including phenoxy) is 3. The van der Waals surface area contributed by atoms with Crippen LogP contribution in [0.2, 0.25) is 0 Å². The van der Waals surface area contributed by atoms with E-state index in [1.807, 2.05) is 0 Å². The SMILES string of the molecule is CCOC(=O)C1=C(C)NC(=O)NC1c1ccc(OCC(=O)OC)cc1. The first-order chi connectivity index (χ1) is 12.0. The second kappa shape index (κ2) is 8.18. The lowest BCUT2D eigenvalue weighted by molar-refractivity contribution is -0.143. The van der Waals surface area contributed by atoms with E-state index in [1.165, 1.54) is 7.11 Å². The van der Waals surface area contributed by atoms with Gasteiger partial charge in [-0.05, 0) is 31.5 Å². The second-order valence-corrected chi connectivity index (χ2v) is 5.22. The Morgan fingerprint density at radius 3 is 2.48 bits per heavy atom. The maximum atomic E-state index is 12.2. The van der Waals surface area contributed by atoms with Crippen molar-refractivity contribution in [2.75, 3.05) is 20.3 Å². The van der Waals surface area contributed by atoms with Crippen LogP contribution in [0.1, 0.15) is 25.5 Å². The Bertz CT molecular complexity index is 696.